The van der Waals surface area contributed by atoms with Crippen molar-refractivity contribution in [3.05, 3.63) is 29.0 Å². The van der Waals surface area contributed by atoms with E-state index in [2.05, 4.69) is 21.8 Å². The topological polar surface area (TPSA) is 54.5 Å². The molecule has 1 aromatic rings. The molecule has 1 atom stereocenters. The third-order valence-corrected chi connectivity index (χ3v) is 3.67. The van der Waals surface area contributed by atoms with Gasteiger partial charge in [0, 0.05) is 25.8 Å². The maximum atomic E-state index is 6.04. The number of hydrogen-bond donors (Lipinski definition) is 1. The van der Waals surface area contributed by atoms with Gasteiger partial charge in [0.05, 0.1) is 0 Å². The first kappa shape index (κ1) is 17.5. The molecule has 2 heterocycles. The van der Waals surface area contributed by atoms with Gasteiger partial charge < -0.3 is 10.6 Å². The van der Waals surface area contributed by atoms with E-state index in [1.54, 1.807) is 12.3 Å². The van der Waals surface area contributed by atoms with Crippen LogP contribution in [-0.4, -0.2) is 35.5 Å². The van der Waals surface area contributed by atoms with Crippen molar-refractivity contribution in [2.24, 2.45) is 16.6 Å². The Kier molecular flexibility index (Phi) is 7.58. The quantitative estimate of drug-likeness (QED) is 0.362. The summed E-state index contributed by atoms with van der Waals surface area (Å²) in [6.07, 6.45) is 5.13. The van der Waals surface area contributed by atoms with Crippen molar-refractivity contribution in [2.75, 3.05) is 19.6 Å². The highest BCUT2D eigenvalue weighted by molar-refractivity contribution is 14.0. The highest BCUT2D eigenvalue weighted by atomic mass is 127. The first-order chi connectivity index (χ1) is 9.15. The molecular weight excluding hydrogens is 387 g/mol. The van der Waals surface area contributed by atoms with E-state index in [4.69, 9.17) is 17.3 Å². The fourth-order valence-electron chi connectivity index (χ4n) is 2.35. The fourth-order valence-corrected chi connectivity index (χ4v) is 2.46. The molecule has 1 fully saturated rings. The summed E-state index contributed by atoms with van der Waals surface area (Å²) in [5.74, 6) is 1.39. The number of nitrogens with zero attached hydrogens (tertiary/aromatic N) is 3. The molecule has 6 heteroatoms. The standard InChI is InChI=1S/C14H21ClN4.HI/c1-11-3-2-8-19(10-11)14(16)17-7-6-12-4-5-13(15)18-9-12;/h4-5,9,11H,2-3,6-8,10H2,1H3,(H2,16,17);1H. The second kappa shape index (κ2) is 8.67. The maximum absolute atomic E-state index is 6.04. The van der Waals surface area contributed by atoms with Gasteiger partial charge in [-0.05, 0) is 36.8 Å². The van der Waals surface area contributed by atoms with Gasteiger partial charge >= 0.3 is 0 Å². The maximum Gasteiger partial charge on any atom is 0.191 e. The molecule has 0 spiro atoms. The number of hydrogen-bond acceptors (Lipinski definition) is 2. The van der Waals surface area contributed by atoms with Crippen LogP contribution in [0.5, 0.6) is 0 Å². The van der Waals surface area contributed by atoms with Crippen LogP contribution in [0.3, 0.4) is 0 Å². The zero-order chi connectivity index (χ0) is 13.7. The molecule has 1 unspecified atom stereocenters. The van der Waals surface area contributed by atoms with Crippen LogP contribution in [0.1, 0.15) is 25.3 Å². The normalized spacial score (nSPS) is 19.6. The number of guanidine groups is 1. The summed E-state index contributed by atoms with van der Waals surface area (Å²) in [4.78, 5) is 10.7. The lowest BCUT2D eigenvalue weighted by Crippen LogP contribution is -2.43. The summed E-state index contributed by atoms with van der Waals surface area (Å²) in [5, 5.41) is 0.522. The molecule has 0 amide bonds. The summed E-state index contributed by atoms with van der Waals surface area (Å²) in [6.45, 7) is 5.01. The third-order valence-electron chi connectivity index (χ3n) is 3.44. The molecule has 112 valence electrons. The summed E-state index contributed by atoms with van der Waals surface area (Å²) in [6, 6.07) is 3.78. The van der Waals surface area contributed by atoms with Gasteiger partial charge in [0.2, 0.25) is 0 Å². The Balaban J connectivity index is 0.00000200. The monoisotopic (exact) mass is 408 g/mol. The van der Waals surface area contributed by atoms with Crippen LogP contribution >= 0.6 is 35.6 Å². The lowest BCUT2D eigenvalue weighted by atomic mass is 10.0. The molecule has 1 aromatic heterocycles. The van der Waals surface area contributed by atoms with Gasteiger partial charge in [-0.15, -0.1) is 24.0 Å². The number of rotatable bonds is 3. The summed E-state index contributed by atoms with van der Waals surface area (Å²) in [7, 11) is 0. The second-order valence-corrected chi connectivity index (χ2v) is 5.56. The van der Waals surface area contributed by atoms with Gasteiger partial charge in [-0.25, -0.2) is 4.98 Å². The first-order valence-corrected chi connectivity index (χ1v) is 7.18. The predicted molar refractivity (Wildman–Crippen MR) is 94.8 cm³/mol. The van der Waals surface area contributed by atoms with Crippen LogP contribution in [0, 0.1) is 5.92 Å². The lowest BCUT2D eigenvalue weighted by molar-refractivity contribution is 0.270. The van der Waals surface area contributed by atoms with Gasteiger partial charge in [-0.3, -0.25) is 4.99 Å². The van der Waals surface area contributed by atoms with Crippen LogP contribution in [0.25, 0.3) is 0 Å². The number of pyridine rings is 1. The molecule has 1 aliphatic rings. The van der Waals surface area contributed by atoms with Crippen molar-refractivity contribution in [2.45, 2.75) is 26.2 Å². The van der Waals surface area contributed by atoms with E-state index in [0.717, 1.165) is 25.1 Å². The molecule has 2 N–H and O–H groups in total. The van der Waals surface area contributed by atoms with Crippen molar-refractivity contribution in [3.8, 4) is 0 Å². The summed E-state index contributed by atoms with van der Waals surface area (Å²) < 4.78 is 0. The van der Waals surface area contributed by atoms with Crippen molar-refractivity contribution in [3.63, 3.8) is 0 Å². The Morgan fingerprint density at radius 1 is 1.55 bits per heavy atom. The largest absolute Gasteiger partial charge is 0.370 e. The number of aliphatic imine (C=N–C) groups is 1. The summed E-state index contributed by atoms with van der Waals surface area (Å²) in [5.41, 5.74) is 7.17. The van der Waals surface area contributed by atoms with Gasteiger partial charge in [0.1, 0.15) is 5.15 Å². The third kappa shape index (κ3) is 5.44. The van der Waals surface area contributed by atoms with Gasteiger partial charge in [-0.2, -0.15) is 0 Å². The lowest BCUT2D eigenvalue weighted by Gasteiger charge is -2.31. The molecule has 1 saturated heterocycles. The Morgan fingerprint density at radius 2 is 2.35 bits per heavy atom. The Morgan fingerprint density at radius 3 is 3.00 bits per heavy atom. The molecule has 0 radical (unpaired) electrons. The average Bonchev–Trinajstić information content (AvgIpc) is 2.41. The highest BCUT2D eigenvalue weighted by Gasteiger charge is 2.17. The minimum absolute atomic E-state index is 0. The SMILES string of the molecule is CC1CCCN(C(N)=NCCc2ccc(Cl)nc2)C1.I. The number of aromatic nitrogens is 1. The Labute approximate surface area is 142 Å². The van der Waals surface area contributed by atoms with Crippen molar-refractivity contribution >= 4 is 41.5 Å². The predicted octanol–water partition coefficient (Wildman–Crippen LogP) is 2.94. The minimum atomic E-state index is 0. The molecule has 0 bridgehead atoms. The minimum Gasteiger partial charge on any atom is -0.370 e. The van der Waals surface area contributed by atoms with E-state index in [9.17, 15) is 0 Å². The van der Waals surface area contributed by atoms with E-state index in [1.807, 2.05) is 6.07 Å². The molecular formula is C14H22ClIN4. The highest BCUT2D eigenvalue weighted by Crippen LogP contribution is 2.14. The van der Waals surface area contributed by atoms with E-state index < -0.39 is 0 Å². The van der Waals surface area contributed by atoms with Crippen molar-refractivity contribution in [1.82, 2.24) is 9.88 Å². The van der Waals surface area contributed by atoms with E-state index in [0.29, 0.717) is 23.6 Å². The van der Waals surface area contributed by atoms with Gasteiger partial charge in [0.25, 0.3) is 0 Å². The number of piperidine rings is 1. The van der Waals surface area contributed by atoms with E-state index >= 15 is 0 Å². The molecule has 0 aromatic carbocycles. The van der Waals surface area contributed by atoms with E-state index in [-0.39, 0.29) is 24.0 Å². The average molecular weight is 409 g/mol. The van der Waals surface area contributed by atoms with E-state index in [1.165, 1.54) is 12.8 Å². The second-order valence-electron chi connectivity index (χ2n) is 5.17. The molecule has 2 rings (SSSR count). The first-order valence-electron chi connectivity index (χ1n) is 6.80. The van der Waals surface area contributed by atoms with Crippen LogP contribution in [0.4, 0.5) is 0 Å². The van der Waals surface area contributed by atoms with Crippen molar-refractivity contribution < 1.29 is 0 Å². The number of nitrogens with two attached hydrogens (primary N) is 1. The smallest absolute Gasteiger partial charge is 0.191 e. The number of likely N-dealkylation sites (tertiary alicyclic amines) is 1. The van der Waals surface area contributed by atoms with Crippen molar-refractivity contribution in [1.29, 1.82) is 0 Å². The van der Waals surface area contributed by atoms with Crippen LogP contribution in [-0.2, 0) is 6.42 Å². The zero-order valence-corrected chi connectivity index (χ0v) is 14.8. The zero-order valence-electron chi connectivity index (χ0n) is 11.8. The summed E-state index contributed by atoms with van der Waals surface area (Å²) >= 11 is 5.75. The fraction of sp³-hybridized carbons (Fsp3) is 0.571. The molecule has 1 aliphatic heterocycles. The van der Waals surface area contributed by atoms with Crippen LogP contribution in [0.2, 0.25) is 5.15 Å². The van der Waals surface area contributed by atoms with Gasteiger partial charge in [-0.1, -0.05) is 24.6 Å². The van der Waals surface area contributed by atoms with Gasteiger partial charge in [0.15, 0.2) is 5.96 Å². The molecule has 4 nitrogen and oxygen atoms in total. The van der Waals surface area contributed by atoms with Crippen LogP contribution < -0.4 is 5.73 Å². The molecule has 0 saturated carbocycles. The molecule has 0 aliphatic carbocycles. The van der Waals surface area contributed by atoms with Crippen LogP contribution in [0.15, 0.2) is 23.3 Å². The Bertz CT molecular complexity index is 435. The number of halogens is 2. The molecule has 20 heavy (non-hydrogen) atoms. The Hall–Kier alpha value is -0.560.